The number of nitrogens with one attached hydrogen (secondary N) is 1. The summed E-state index contributed by atoms with van der Waals surface area (Å²) in [6.07, 6.45) is 4.34. The van der Waals surface area contributed by atoms with Gasteiger partial charge in [-0.15, -0.1) is 0 Å². The summed E-state index contributed by atoms with van der Waals surface area (Å²) in [5.41, 5.74) is 8.26. The van der Waals surface area contributed by atoms with Crippen LogP contribution in [0.25, 0.3) is 0 Å². The third-order valence-electron chi connectivity index (χ3n) is 2.88. The number of nitrogen functional groups attached to an aromatic ring is 1. The molecule has 0 radical (unpaired) electrons. The molecule has 0 bridgehead atoms. The summed E-state index contributed by atoms with van der Waals surface area (Å²) < 4.78 is 0. The van der Waals surface area contributed by atoms with Gasteiger partial charge in [0, 0.05) is 12.6 Å². The third-order valence-corrected chi connectivity index (χ3v) is 3.61. The fraction of sp³-hybridized carbons (Fsp3) is 0.364. The van der Waals surface area contributed by atoms with Crippen LogP contribution in [-0.2, 0) is 6.54 Å². The van der Waals surface area contributed by atoms with Crippen molar-refractivity contribution in [3.05, 3.63) is 28.6 Å². The average molecular weight is 234 g/mol. The Morgan fingerprint density at radius 3 is 3.00 bits per heavy atom. The number of H-pyrrole nitrogens is 1. The zero-order chi connectivity index (χ0) is 11.0. The van der Waals surface area contributed by atoms with Gasteiger partial charge in [-0.3, -0.25) is 5.10 Å². The van der Waals surface area contributed by atoms with Crippen LogP contribution in [0, 0.1) is 0 Å². The standard InChI is InChI=1S/C11H14N4S/c12-11-10(5-13-14-11)15(9-1-2-9)6-8-3-4-16-7-8/h3-5,7,9H,1-2,6H2,(H3,12,13,14). The molecule has 1 fully saturated rings. The van der Waals surface area contributed by atoms with Gasteiger partial charge in [0.25, 0.3) is 0 Å². The van der Waals surface area contributed by atoms with E-state index in [9.17, 15) is 0 Å². The minimum Gasteiger partial charge on any atom is -0.382 e. The predicted molar refractivity (Wildman–Crippen MR) is 66.5 cm³/mol. The Hall–Kier alpha value is -1.49. The van der Waals surface area contributed by atoms with Gasteiger partial charge in [0.1, 0.15) is 5.82 Å². The normalized spacial score (nSPS) is 15.2. The van der Waals surface area contributed by atoms with Crippen LogP contribution in [0.4, 0.5) is 11.5 Å². The van der Waals surface area contributed by atoms with Crippen LogP contribution in [0.5, 0.6) is 0 Å². The zero-order valence-corrected chi connectivity index (χ0v) is 9.70. The summed E-state index contributed by atoms with van der Waals surface area (Å²) in [6.45, 7) is 0.928. The zero-order valence-electron chi connectivity index (χ0n) is 8.89. The highest BCUT2D eigenvalue weighted by atomic mass is 32.1. The van der Waals surface area contributed by atoms with Gasteiger partial charge in [-0.1, -0.05) is 0 Å². The van der Waals surface area contributed by atoms with Gasteiger partial charge in [-0.05, 0) is 35.2 Å². The predicted octanol–water partition coefficient (Wildman–Crippen LogP) is 2.22. The minimum absolute atomic E-state index is 0.639. The number of anilines is 2. The molecule has 1 aliphatic rings. The van der Waals surface area contributed by atoms with Crippen LogP contribution in [0.15, 0.2) is 23.0 Å². The van der Waals surface area contributed by atoms with Crippen LogP contribution >= 0.6 is 11.3 Å². The molecular formula is C11H14N4S. The van der Waals surface area contributed by atoms with Crippen LogP contribution in [-0.4, -0.2) is 16.2 Å². The summed E-state index contributed by atoms with van der Waals surface area (Å²) in [5, 5.41) is 11.1. The molecule has 4 nitrogen and oxygen atoms in total. The van der Waals surface area contributed by atoms with Crippen LogP contribution in [0.1, 0.15) is 18.4 Å². The Labute approximate surface area is 98.1 Å². The van der Waals surface area contributed by atoms with Crippen LogP contribution < -0.4 is 10.6 Å². The first kappa shape index (κ1) is 9.72. The van der Waals surface area contributed by atoms with Crippen LogP contribution in [0.2, 0.25) is 0 Å². The van der Waals surface area contributed by atoms with E-state index in [1.165, 1.54) is 18.4 Å². The maximum Gasteiger partial charge on any atom is 0.142 e. The quantitative estimate of drug-likeness (QED) is 0.852. The Bertz CT molecular complexity index is 458. The lowest BCUT2D eigenvalue weighted by Crippen LogP contribution is -2.25. The van der Waals surface area contributed by atoms with E-state index in [-0.39, 0.29) is 0 Å². The smallest absolute Gasteiger partial charge is 0.142 e. The molecule has 0 atom stereocenters. The molecule has 2 aromatic heterocycles. The maximum atomic E-state index is 5.88. The second kappa shape index (κ2) is 3.83. The first-order valence-corrected chi connectivity index (χ1v) is 6.35. The average Bonchev–Trinajstić information content (AvgIpc) is 2.82. The van der Waals surface area contributed by atoms with Crippen molar-refractivity contribution < 1.29 is 0 Å². The molecule has 1 aliphatic carbocycles. The van der Waals surface area contributed by atoms with E-state index in [2.05, 4.69) is 31.9 Å². The molecule has 0 unspecified atom stereocenters. The molecule has 0 aliphatic heterocycles. The van der Waals surface area contributed by atoms with Gasteiger partial charge in [-0.2, -0.15) is 16.4 Å². The lowest BCUT2D eigenvalue weighted by Gasteiger charge is -2.22. The van der Waals surface area contributed by atoms with Gasteiger partial charge in [0.2, 0.25) is 0 Å². The van der Waals surface area contributed by atoms with Crippen molar-refractivity contribution in [2.75, 3.05) is 10.6 Å². The molecule has 0 saturated heterocycles. The molecule has 0 spiro atoms. The number of hydrogen-bond donors (Lipinski definition) is 2. The lowest BCUT2D eigenvalue weighted by atomic mass is 10.3. The largest absolute Gasteiger partial charge is 0.382 e. The van der Waals surface area contributed by atoms with E-state index in [0.29, 0.717) is 11.9 Å². The van der Waals surface area contributed by atoms with E-state index in [1.807, 2.05) is 6.20 Å². The van der Waals surface area contributed by atoms with Crippen molar-refractivity contribution in [3.63, 3.8) is 0 Å². The van der Waals surface area contributed by atoms with E-state index in [1.54, 1.807) is 11.3 Å². The number of nitrogens with two attached hydrogens (primary N) is 1. The van der Waals surface area contributed by atoms with E-state index in [4.69, 9.17) is 5.73 Å². The van der Waals surface area contributed by atoms with Gasteiger partial charge in [0.15, 0.2) is 0 Å². The number of nitrogens with zero attached hydrogens (tertiary/aromatic N) is 2. The third kappa shape index (κ3) is 1.78. The first-order valence-electron chi connectivity index (χ1n) is 5.41. The van der Waals surface area contributed by atoms with Crippen molar-refractivity contribution in [2.24, 2.45) is 0 Å². The van der Waals surface area contributed by atoms with Gasteiger partial charge in [0.05, 0.1) is 11.9 Å². The summed E-state index contributed by atoms with van der Waals surface area (Å²) in [4.78, 5) is 2.35. The Balaban J connectivity index is 1.84. The summed E-state index contributed by atoms with van der Waals surface area (Å²) in [6, 6.07) is 2.80. The molecule has 16 heavy (non-hydrogen) atoms. The highest BCUT2D eigenvalue weighted by molar-refractivity contribution is 7.07. The second-order valence-electron chi connectivity index (χ2n) is 4.16. The van der Waals surface area contributed by atoms with Crippen molar-refractivity contribution in [1.82, 2.24) is 10.2 Å². The number of aromatic nitrogens is 2. The molecule has 3 rings (SSSR count). The van der Waals surface area contributed by atoms with E-state index in [0.717, 1.165) is 12.2 Å². The fourth-order valence-corrected chi connectivity index (χ4v) is 2.55. The molecule has 2 aromatic rings. The van der Waals surface area contributed by atoms with E-state index >= 15 is 0 Å². The summed E-state index contributed by atoms with van der Waals surface area (Å²) >= 11 is 1.73. The summed E-state index contributed by atoms with van der Waals surface area (Å²) in [7, 11) is 0. The van der Waals surface area contributed by atoms with Crippen molar-refractivity contribution in [1.29, 1.82) is 0 Å². The molecule has 1 saturated carbocycles. The highest BCUT2D eigenvalue weighted by Crippen LogP contribution is 2.35. The van der Waals surface area contributed by atoms with Gasteiger partial charge < -0.3 is 10.6 Å². The minimum atomic E-state index is 0.639. The monoisotopic (exact) mass is 234 g/mol. The Kier molecular flexibility index (Phi) is 2.32. The Morgan fingerprint density at radius 2 is 2.44 bits per heavy atom. The number of rotatable bonds is 4. The molecule has 0 amide bonds. The molecular weight excluding hydrogens is 220 g/mol. The van der Waals surface area contributed by atoms with Gasteiger partial charge >= 0.3 is 0 Å². The fourth-order valence-electron chi connectivity index (χ4n) is 1.90. The molecule has 3 N–H and O–H groups in total. The maximum absolute atomic E-state index is 5.88. The van der Waals surface area contributed by atoms with E-state index < -0.39 is 0 Å². The Morgan fingerprint density at radius 1 is 1.56 bits per heavy atom. The first-order chi connectivity index (χ1) is 7.84. The molecule has 84 valence electrons. The number of aromatic amines is 1. The highest BCUT2D eigenvalue weighted by Gasteiger charge is 2.30. The van der Waals surface area contributed by atoms with Crippen molar-refractivity contribution in [3.8, 4) is 0 Å². The topological polar surface area (TPSA) is 57.9 Å². The number of hydrogen-bond acceptors (Lipinski definition) is 4. The van der Waals surface area contributed by atoms with Crippen molar-refractivity contribution >= 4 is 22.8 Å². The van der Waals surface area contributed by atoms with Crippen molar-refractivity contribution in [2.45, 2.75) is 25.4 Å². The molecule has 0 aromatic carbocycles. The van der Waals surface area contributed by atoms with Gasteiger partial charge in [-0.25, -0.2) is 0 Å². The number of thiophene rings is 1. The lowest BCUT2D eigenvalue weighted by molar-refractivity contribution is 0.798. The second-order valence-corrected chi connectivity index (χ2v) is 4.94. The van der Waals surface area contributed by atoms with Crippen LogP contribution in [0.3, 0.4) is 0 Å². The SMILES string of the molecule is Nc1[nH]ncc1N(Cc1ccsc1)C1CC1. The summed E-state index contributed by atoms with van der Waals surface area (Å²) in [5.74, 6) is 0.669. The molecule has 5 heteroatoms. The molecule has 2 heterocycles.